The summed E-state index contributed by atoms with van der Waals surface area (Å²) in [4.78, 5) is 1.56. The predicted octanol–water partition coefficient (Wildman–Crippen LogP) is 8.99. The minimum atomic E-state index is 0. The summed E-state index contributed by atoms with van der Waals surface area (Å²) < 4.78 is 2.58. The van der Waals surface area contributed by atoms with Crippen molar-refractivity contribution in [3.63, 3.8) is 0 Å². The lowest BCUT2D eigenvalue weighted by Gasteiger charge is -2.27. The number of nitrogens with zero attached hydrogens (tertiary/aromatic N) is 1. The minimum Gasteiger partial charge on any atom is -1.00 e. The van der Waals surface area contributed by atoms with Crippen molar-refractivity contribution < 1.29 is 17.0 Å². The molecule has 0 saturated heterocycles. The smallest absolute Gasteiger partial charge is 0.231 e. The van der Waals surface area contributed by atoms with Gasteiger partial charge in [-0.2, -0.15) is 4.57 Å². The normalized spacial score (nSPS) is 15.9. The number of halogens is 1. The zero-order chi connectivity index (χ0) is 32.4. The molecule has 5 rings (SSSR count). The summed E-state index contributed by atoms with van der Waals surface area (Å²) >= 11 is 1.96. The van der Waals surface area contributed by atoms with Crippen LogP contribution in [0.5, 0.6) is 0 Å². The van der Waals surface area contributed by atoms with E-state index in [1.54, 1.807) is 4.88 Å². The van der Waals surface area contributed by atoms with E-state index in [0.29, 0.717) is 5.92 Å². The first-order chi connectivity index (χ1) is 20.2. The van der Waals surface area contributed by atoms with Crippen molar-refractivity contribution in [1.82, 2.24) is 0 Å². The summed E-state index contributed by atoms with van der Waals surface area (Å²) in [5.74, 6) is 0.619. The minimum absolute atomic E-state index is 0. The summed E-state index contributed by atoms with van der Waals surface area (Å²) in [7, 11) is 0. The molecule has 1 aliphatic rings. The SMILES string of the molecule is CC1CCCc2c1sc[n+]2-c1c(-c2cc(C(C)(C)C)cc(C(C)(C)C)c2)cccc1-c1cc(C(C)(C)C)cc(C(C)(C)C)c1.[Cl-]. The average Bonchev–Trinajstić information content (AvgIpc) is 3.35. The monoisotopic (exact) mass is 641 g/mol. The highest BCUT2D eigenvalue weighted by Crippen LogP contribution is 2.42. The van der Waals surface area contributed by atoms with Crippen LogP contribution in [0.1, 0.15) is 142 Å². The molecular weight excluding hydrogens is 586 g/mol. The first-order valence-electron chi connectivity index (χ1n) is 16.7. The number of para-hydroxylation sites is 1. The molecule has 3 heteroatoms. The van der Waals surface area contributed by atoms with Gasteiger partial charge >= 0.3 is 0 Å². The van der Waals surface area contributed by atoms with E-state index in [1.807, 2.05) is 11.3 Å². The third-order valence-corrected chi connectivity index (χ3v) is 10.8. The quantitative estimate of drug-likeness (QED) is 0.197. The van der Waals surface area contributed by atoms with Crippen molar-refractivity contribution in [2.45, 2.75) is 137 Å². The third-order valence-electron chi connectivity index (χ3n) is 9.59. The molecule has 0 spiro atoms. The molecule has 0 fully saturated rings. The topological polar surface area (TPSA) is 3.88 Å². The van der Waals surface area contributed by atoms with Gasteiger partial charge in [-0.05, 0) is 85.9 Å². The Bertz CT molecular complexity index is 1520. The number of hydrogen-bond donors (Lipinski definition) is 0. The van der Waals surface area contributed by atoms with Gasteiger partial charge in [-0.25, -0.2) is 0 Å². The van der Waals surface area contributed by atoms with E-state index >= 15 is 0 Å². The van der Waals surface area contributed by atoms with E-state index in [2.05, 4.69) is 155 Å². The molecule has 0 amide bonds. The van der Waals surface area contributed by atoms with Crippen LogP contribution in [0.4, 0.5) is 0 Å². The lowest BCUT2D eigenvalue weighted by molar-refractivity contribution is -0.598. The maximum Gasteiger partial charge on any atom is 0.231 e. The molecule has 1 heterocycles. The van der Waals surface area contributed by atoms with Crippen LogP contribution >= 0.6 is 11.3 Å². The fourth-order valence-corrected chi connectivity index (χ4v) is 7.60. The second kappa shape index (κ2) is 12.3. The molecule has 45 heavy (non-hydrogen) atoms. The van der Waals surface area contributed by atoms with E-state index in [-0.39, 0.29) is 34.1 Å². The fraction of sp³-hybridized carbons (Fsp3) is 0.500. The van der Waals surface area contributed by atoms with Gasteiger partial charge in [0.25, 0.3) is 0 Å². The van der Waals surface area contributed by atoms with Crippen LogP contribution in [0.25, 0.3) is 27.9 Å². The summed E-state index contributed by atoms with van der Waals surface area (Å²) in [5, 5.41) is 0. The van der Waals surface area contributed by atoms with Crippen molar-refractivity contribution in [1.29, 1.82) is 0 Å². The molecule has 0 radical (unpaired) electrons. The van der Waals surface area contributed by atoms with E-state index in [1.165, 1.54) is 68.7 Å². The molecule has 0 saturated carbocycles. The molecule has 0 N–H and O–H groups in total. The molecule has 3 aromatic carbocycles. The maximum atomic E-state index is 2.58. The van der Waals surface area contributed by atoms with Gasteiger partial charge in [0.2, 0.25) is 16.9 Å². The number of hydrogen-bond acceptors (Lipinski definition) is 1. The van der Waals surface area contributed by atoms with Crippen molar-refractivity contribution in [3.8, 4) is 27.9 Å². The van der Waals surface area contributed by atoms with Crippen LogP contribution in [0.2, 0.25) is 0 Å². The van der Waals surface area contributed by atoms with Crippen molar-refractivity contribution >= 4 is 11.3 Å². The Morgan fingerprint density at radius 2 is 1.02 bits per heavy atom. The second-order valence-electron chi connectivity index (χ2n) is 17.5. The Hall–Kier alpha value is -2.42. The Labute approximate surface area is 284 Å². The van der Waals surface area contributed by atoms with Gasteiger partial charge in [-0.3, -0.25) is 0 Å². The van der Waals surface area contributed by atoms with Gasteiger partial charge in [0.1, 0.15) is 0 Å². The maximum absolute atomic E-state index is 2.58. The number of aromatic nitrogens is 1. The van der Waals surface area contributed by atoms with Crippen LogP contribution < -0.4 is 17.0 Å². The van der Waals surface area contributed by atoms with Crippen LogP contribution in [0.3, 0.4) is 0 Å². The largest absolute Gasteiger partial charge is 1.00 e. The van der Waals surface area contributed by atoms with Crippen LogP contribution in [-0.2, 0) is 28.1 Å². The van der Waals surface area contributed by atoms with Crippen LogP contribution in [0, 0.1) is 0 Å². The molecule has 1 nitrogen and oxygen atoms in total. The lowest BCUT2D eigenvalue weighted by Crippen LogP contribution is -3.00. The van der Waals surface area contributed by atoms with Crippen molar-refractivity contribution in [3.05, 3.63) is 92.9 Å². The van der Waals surface area contributed by atoms with E-state index in [0.717, 1.165) is 6.42 Å². The van der Waals surface area contributed by atoms with E-state index in [4.69, 9.17) is 0 Å². The molecule has 1 atom stereocenters. The lowest BCUT2D eigenvalue weighted by atomic mass is 9.77. The molecule has 1 aliphatic carbocycles. The summed E-state index contributed by atoms with van der Waals surface area (Å²) in [6.07, 6.45) is 3.68. The Kier molecular flexibility index (Phi) is 9.69. The van der Waals surface area contributed by atoms with Gasteiger partial charge in [-0.1, -0.05) is 144 Å². The number of fused-ring (bicyclic) bond motifs is 1. The third kappa shape index (κ3) is 7.28. The average molecular weight is 642 g/mol. The zero-order valence-corrected chi connectivity index (χ0v) is 31.8. The Morgan fingerprint density at radius 1 is 0.622 bits per heavy atom. The highest BCUT2D eigenvalue weighted by Gasteiger charge is 2.33. The van der Waals surface area contributed by atoms with Crippen LogP contribution in [-0.4, -0.2) is 0 Å². The Morgan fingerprint density at radius 3 is 1.40 bits per heavy atom. The highest BCUT2D eigenvalue weighted by molar-refractivity contribution is 7.09. The van der Waals surface area contributed by atoms with Gasteiger partial charge in [-0.15, -0.1) is 0 Å². The fourth-order valence-electron chi connectivity index (χ4n) is 6.47. The molecule has 0 aliphatic heterocycles. The van der Waals surface area contributed by atoms with Gasteiger partial charge < -0.3 is 12.4 Å². The second-order valence-corrected chi connectivity index (χ2v) is 18.4. The standard InChI is InChI=1S/C42H56NS.ClH/c1-27-16-14-19-36-38(27)44-26-43(36)37-34(28-20-30(39(2,3)4)24-31(21-28)40(5,6)7)17-15-18-35(37)29-22-32(41(8,9)10)25-33(23-29)42(11,12)13;/h15,17-18,20-27H,14,16,19H2,1-13H3;1H/q+1;/p-1. The van der Waals surface area contributed by atoms with Crippen LogP contribution in [0.15, 0.2) is 60.1 Å². The summed E-state index contributed by atoms with van der Waals surface area (Å²) in [6.45, 7) is 30.5. The van der Waals surface area contributed by atoms with Crippen molar-refractivity contribution in [2.24, 2.45) is 0 Å². The molecule has 0 bridgehead atoms. The molecular formula is C42H56ClNS. The predicted molar refractivity (Wildman–Crippen MR) is 193 cm³/mol. The van der Waals surface area contributed by atoms with E-state index in [9.17, 15) is 0 Å². The van der Waals surface area contributed by atoms with E-state index < -0.39 is 0 Å². The number of rotatable bonds is 3. The first-order valence-corrected chi connectivity index (χ1v) is 17.6. The molecule has 4 aromatic rings. The molecule has 242 valence electrons. The molecule has 1 unspecified atom stereocenters. The van der Waals surface area contributed by atoms with Gasteiger partial charge in [0.15, 0.2) is 0 Å². The van der Waals surface area contributed by atoms with Crippen molar-refractivity contribution in [2.75, 3.05) is 0 Å². The summed E-state index contributed by atoms with van der Waals surface area (Å²) in [5.41, 5.74) is 16.3. The zero-order valence-electron chi connectivity index (χ0n) is 30.2. The number of thiazole rings is 1. The molecule has 1 aromatic heterocycles. The number of benzene rings is 3. The summed E-state index contributed by atoms with van der Waals surface area (Å²) in [6, 6.07) is 21.8. The van der Waals surface area contributed by atoms with Gasteiger partial charge in [0.05, 0.1) is 16.0 Å². The Balaban J connectivity index is 0.00000461. The highest BCUT2D eigenvalue weighted by atomic mass is 35.5. The first kappa shape index (κ1) is 35.4. The van der Waals surface area contributed by atoms with Gasteiger partial charge in [0, 0.05) is 6.42 Å².